The largest absolute Gasteiger partial charge is 0.481 e. The van der Waals surface area contributed by atoms with Crippen LogP contribution in [0.15, 0.2) is 23.3 Å². The Morgan fingerprint density at radius 1 is 1.17 bits per heavy atom. The van der Waals surface area contributed by atoms with E-state index in [-0.39, 0.29) is 29.5 Å². The zero-order chi connectivity index (χ0) is 22.1. The topological polar surface area (TPSA) is 112 Å². The summed E-state index contributed by atoms with van der Waals surface area (Å²) in [5.74, 6) is -2.75. The smallest absolute Gasteiger partial charge is 0.309 e. The molecule has 0 bridgehead atoms. The van der Waals surface area contributed by atoms with Gasteiger partial charge in [0.25, 0.3) is 0 Å². The van der Waals surface area contributed by atoms with Crippen LogP contribution in [0.4, 0.5) is 0 Å². The Morgan fingerprint density at radius 2 is 1.87 bits per heavy atom. The first-order valence-corrected chi connectivity index (χ1v) is 11.1. The number of carboxylic acid groups (broad SMARTS) is 1. The highest BCUT2D eigenvalue weighted by Crippen LogP contribution is 2.65. The Kier molecular flexibility index (Phi) is 4.90. The minimum atomic E-state index is -1.73. The van der Waals surface area contributed by atoms with Crippen LogP contribution in [0, 0.1) is 28.6 Å². The number of hydrogen-bond acceptors (Lipinski definition) is 5. The van der Waals surface area contributed by atoms with Crippen molar-refractivity contribution in [3.63, 3.8) is 0 Å². The molecule has 7 atom stereocenters. The predicted molar refractivity (Wildman–Crippen MR) is 109 cm³/mol. The van der Waals surface area contributed by atoms with Gasteiger partial charge in [-0.15, -0.1) is 0 Å². The number of hydrogen-bond donors (Lipinski definition) is 3. The molecule has 3 N–H and O–H groups in total. The number of fused-ring (bicyclic) bond motifs is 5. The van der Waals surface area contributed by atoms with E-state index in [0.29, 0.717) is 19.3 Å². The van der Waals surface area contributed by atoms with Crippen molar-refractivity contribution in [2.45, 2.75) is 77.4 Å². The van der Waals surface area contributed by atoms with Crippen LogP contribution in [0.2, 0.25) is 0 Å². The number of carboxylic acids is 1. The zero-order valence-corrected chi connectivity index (χ0v) is 18.0. The number of ketones is 2. The van der Waals surface area contributed by atoms with E-state index in [1.54, 1.807) is 0 Å². The molecule has 0 saturated heterocycles. The Balaban J connectivity index is 1.69. The summed E-state index contributed by atoms with van der Waals surface area (Å²) >= 11 is 0. The normalized spacial score (nSPS) is 42.2. The molecule has 30 heavy (non-hydrogen) atoms. The van der Waals surface area contributed by atoms with Crippen LogP contribution < -0.4 is 0 Å². The monoisotopic (exact) mass is 416 g/mol. The van der Waals surface area contributed by atoms with E-state index >= 15 is 0 Å². The van der Waals surface area contributed by atoms with Gasteiger partial charge in [0.1, 0.15) is 11.7 Å². The van der Waals surface area contributed by atoms with E-state index in [1.807, 2.05) is 13.0 Å². The van der Waals surface area contributed by atoms with Gasteiger partial charge in [-0.1, -0.05) is 31.1 Å². The van der Waals surface area contributed by atoms with E-state index < -0.39 is 34.8 Å². The highest BCUT2D eigenvalue weighted by molar-refractivity contribution is 5.95. The molecule has 2 fully saturated rings. The summed E-state index contributed by atoms with van der Waals surface area (Å²) in [5.41, 5.74) is -0.0479. The molecule has 0 spiro atoms. The van der Waals surface area contributed by atoms with Gasteiger partial charge in [0.05, 0.1) is 5.92 Å². The van der Waals surface area contributed by atoms with Crippen LogP contribution in [0.25, 0.3) is 0 Å². The molecule has 0 aromatic rings. The number of Topliss-reactive ketones (excluding diaryl/α,β-unsaturated/α-hetero) is 1. The van der Waals surface area contributed by atoms with Gasteiger partial charge in [0, 0.05) is 17.3 Å². The summed E-state index contributed by atoms with van der Waals surface area (Å²) in [6, 6.07) is 0. The first-order chi connectivity index (χ1) is 14.0. The number of carbonyl (C=O) groups excluding carboxylic acids is 2. The predicted octanol–water partition coefficient (Wildman–Crippen LogP) is 2.82. The third-order valence-corrected chi connectivity index (χ3v) is 9.03. The van der Waals surface area contributed by atoms with Crippen molar-refractivity contribution >= 4 is 17.5 Å². The van der Waals surface area contributed by atoms with E-state index in [2.05, 4.69) is 13.0 Å². The summed E-state index contributed by atoms with van der Waals surface area (Å²) in [4.78, 5) is 36.4. The van der Waals surface area contributed by atoms with Crippen molar-refractivity contribution in [3.05, 3.63) is 23.3 Å². The molecule has 0 aliphatic heterocycles. The van der Waals surface area contributed by atoms with Gasteiger partial charge >= 0.3 is 5.97 Å². The molecule has 2 unspecified atom stereocenters. The molecule has 0 radical (unpaired) electrons. The van der Waals surface area contributed by atoms with Gasteiger partial charge in [0.15, 0.2) is 11.6 Å². The molecule has 0 aromatic heterocycles. The number of aliphatic hydroxyl groups excluding tert-OH is 1. The van der Waals surface area contributed by atoms with Gasteiger partial charge in [-0.05, 0) is 63.4 Å². The van der Waals surface area contributed by atoms with E-state index in [9.17, 15) is 29.7 Å². The van der Waals surface area contributed by atoms with Crippen molar-refractivity contribution in [2.75, 3.05) is 0 Å². The number of aliphatic hydroxyl groups is 2. The number of carbonyl (C=O) groups is 3. The number of allylic oxidation sites excluding steroid dienone is 4. The average Bonchev–Trinajstić information content (AvgIpc) is 2.98. The van der Waals surface area contributed by atoms with Gasteiger partial charge < -0.3 is 15.3 Å². The third-order valence-electron chi connectivity index (χ3n) is 9.03. The fourth-order valence-electron chi connectivity index (χ4n) is 6.88. The molecule has 4 aliphatic rings. The van der Waals surface area contributed by atoms with Gasteiger partial charge in [-0.3, -0.25) is 14.4 Å². The van der Waals surface area contributed by atoms with Crippen molar-refractivity contribution < 1.29 is 29.7 Å². The minimum Gasteiger partial charge on any atom is -0.481 e. The highest BCUT2D eigenvalue weighted by Gasteiger charge is 2.65. The van der Waals surface area contributed by atoms with Gasteiger partial charge in [-0.25, -0.2) is 0 Å². The molecule has 6 nitrogen and oxygen atoms in total. The second-order valence-electron chi connectivity index (χ2n) is 10.3. The molecule has 4 rings (SSSR count). The second kappa shape index (κ2) is 6.86. The molecule has 6 heteroatoms. The molecule has 0 heterocycles. The first kappa shape index (κ1) is 21.4. The third kappa shape index (κ3) is 2.72. The van der Waals surface area contributed by atoms with Gasteiger partial charge in [0.2, 0.25) is 0 Å². The summed E-state index contributed by atoms with van der Waals surface area (Å²) in [5, 5.41) is 31.1. The lowest BCUT2D eigenvalue weighted by molar-refractivity contribution is -0.168. The van der Waals surface area contributed by atoms with E-state index in [0.717, 1.165) is 19.3 Å². The lowest BCUT2D eigenvalue weighted by Crippen LogP contribution is -2.58. The first-order valence-electron chi connectivity index (χ1n) is 11.1. The minimum absolute atomic E-state index is 0.0924. The SMILES string of the molecule is CC(C(=O)O)C(O)C(=O)[C@@]1(O)CC[C@H]2[C@@H]3CCC4=CC(=O)CC[C@]4(C)C3=CC[C@@]21C. The molecule has 0 aromatic carbocycles. The van der Waals surface area contributed by atoms with Crippen LogP contribution in [0.5, 0.6) is 0 Å². The standard InChI is InChI=1S/C24H32O6/c1-13(21(28)29)19(26)20(27)24(30)11-8-18-16-5-4-14-12-15(25)6-9-22(14,2)17(16)7-10-23(18,24)3/h7,12-13,16,18-19,26,30H,4-6,8-11H2,1-3H3,(H,28,29)/t13?,16-,18+,19?,22+,23+,24+/m1/s1. The van der Waals surface area contributed by atoms with Crippen molar-refractivity contribution in [2.24, 2.45) is 28.6 Å². The van der Waals surface area contributed by atoms with Crippen LogP contribution >= 0.6 is 0 Å². The Bertz CT molecular complexity index is 871. The zero-order valence-electron chi connectivity index (χ0n) is 18.0. The number of rotatable bonds is 4. The fourth-order valence-corrected chi connectivity index (χ4v) is 6.88. The van der Waals surface area contributed by atoms with Crippen molar-refractivity contribution in [3.8, 4) is 0 Å². The lowest BCUT2D eigenvalue weighted by atomic mass is 9.50. The summed E-state index contributed by atoms with van der Waals surface area (Å²) in [6.07, 6.45) is 6.78. The highest BCUT2D eigenvalue weighted by atomic mass is 16.4. The maximum atomic E-state index is 13.1. The quantitative estimate of drug-likeness (QED) is 0.608. The van der Waals surface area contributed by atoms with Crippen LogP contribution in [-0.4, -0.2) is 44.6 Å². The maximum Gasteiger partial charge on any atom is 0.309 e. The molecular formula is C24H32O6. The van der Waals surface area contributed by atoms with Crippen LogP contribution in [-0.2, 0) is 14.4 Å². The lowest BCUT2D eigenvalue weighted by Gasteiger charge is -2.54. The molecule has 0 amide bonds. The van der Waals surface area contributed by atoms with E-state index in [4.69, 9.17) is 0 Å². The van der Waals surface area contributed by atoms with Gasteiger partial charge in [-0.2, -0.15) is 0 Å². The molecular weight excluding hydrogens is 384 g/mol. The molecule has 4 aliphatic carbocycles. The summed E-state index contributed by atoms with van der Waals surface area (Å²) < 4.78 is 0. The average molecular weight is 417 g/mol. The van der Waals surface area contributed by atoms with Crippen molar-refractivity contribution in [1.29, 1.82) is 0 Å². The van der Waals surface area contributed by atoms with Crippen LogP contribution in [0.3, 0.4) is 0 Å². The fraction of sp³-hybridized carbons (Fsp3) is 0.708. The Morgan fingerprint density at radius 3 is 2.53 bits per heavy atom. The molecule has 2 saturated carbocycles. The van der Waals surface area contributed by atoms with Crippen LogP contribution in [0.1, 0.15) is 65.7 Å². The second-order valence-corrected chi connectivity index (χ2v) is 10.3. The Hall–Kier alpha value is -1.79. The summed E-state index contributed by atoms with van der Waals surface area (Å²) in [6.45, 7) is 5.44. The Labute approximate surface area is 177 Å². The maximum absolute atomic E-state index is 13.1. The van der Waals surface area contributed by atoms with Crippen molar-refractivity contribution in [1.82, 2.24) is 0 Å². The summed E-state index contributed by atoms with van der Waals surface area (Å²) in [7, 11) is 0. The van der Waals surface area contributed by atoms with E-state index in [1.165, 1.54) is 18.1 Å². The number of aliphatic carboxylic acids is 1. The molecule has 164 valence electrons.